The van der Waals surface area contributed by atoms with E-state index in [1.807, 2.05) is 12.1 Å². The molecule has 0 fully saturated rings. The summed E-state index contributed by atoms with van der Waals surface area (Å²) in [6, 6.07) is 12.5. The number of benzene rings is 2. The minimum Gasteiger partial charge on any atom is -0.247 e. The van der Waals surface area contributed by atoms with Crippen molar-refractivity contribution < 1.29 is 0 Å². The van der Waals surface area contributed by atoms with Gasteiger partial charge in [-0.1, -0.05) is 30.5 Å². The van der Waals surface area contributed by atoms with E-state index in [0.717, 1.165) is 16.3 Å². The van der Waals surface area contributed by atoms with Crippen molar-refractivity contribution in [2.75, 3.05) is 0 Å². The van der Waals surface area contributed by atoms with Crippen LogP contribution in [-0.2, 0) is 0 Å². The van der Waals surface area contributed by atoms with E-state index in [4.69, 9.17) is 0 Å². The third-order valence-corrected chi connectivity index (χ3v) is 3.69. The molecular formula is C14H11NS. The number of fused-ring (bicyclic) bond motifs is 2. The number of hydrogen-bond donors (Lipinski definition) is 0. The highest BCUT2D eigenvalue weighted by atomic mass is 32.2. The van der Waals surface area contributed by atoms with E-state index < -0.39 is 0 Å². The normalized spacial score (nSPS) is 12.6. The topological polar surface area (TPSA) is 12.4 Å². The molecule has 3 rings (SSSR count). The third kappa shape index (κ3) is 1.55. The van der Waals surface area contributed by atoms with Gasteiger partial charge in [-0.25, -0.2) is 4.99 Å². The first kappa shape index (κ1) is 9.67. The van der Waals surface area contributed by atoms with Gasteiger partial charge in [0.15, 0.2) is 0 Å². The summed E-state index contributed by atoms with van der Waals surface area (Å²) in [5, 5.41) is 2.09. The summed E-state index contributed by atoms with van der Waals surface area (Å²) in [7, 11) is 0. The Hall–Kier alpha value is -1.54. The summed E-state index contributed by atoms with van der Waals surface area (Å²) in [4.78, 5) is 7.08. The molecule has 0 spiro atoms. The summed E-state index contributed by atoms with van der Waals surface area (Å²) >= 11 is 1.78. The van der Waals surface area contributed by atoms with Crippen molar-refractivity contribution >= 4 is 24.0 Å². The van der Waals surface area contributed by atoms with Crippen molar-refractivity contribution in [3.05, 3.63) is 52.5 Å². The average Bonchev–Trinajstić information content (AvgIpc) is 2.26. The van der Waals surface area contributed by atoms with E-state index in [2.05, 4.69) is 42.8 Å². The Morgan fingerprint density at radius 2 is 1.94 bits per heavy atom. The Bertz CT molecular complexity index is 674. The quantitative estimate of drug-likeness (QED) is 0.573. The van der Waals surface area contributed by atoms with E-state index in [0.29, 0.717) is 0 Å². The predicted molar refractivity (Wildman–Crippen MR) is 67.7 cm³/mol. The van der Waals surface area contributed by atoms with E-state index in [9.17, 15) is 0 Å². The molecule has 0 saturated carbocycles. The first-order chi connectivity index (χ1) is 7.72. The van der Waals surface area contributed by atoms with Crippen molar-refractivity contribution in [3.8, 4) is 0 Å². The van der Waals surface area contributed by atoms with Gasteiger partial charge in [0.05, 0.1) is 11.0 Å². The molecule has 0 bridgehead atoms. The zero-order valence-corrected chi connectivity index (χ0v) is 9.84. The molecule has 0 atom stereocenters. The molecule has 0 aliphatic carbocycles. The van der Waals surface area contributed by atoms with Crippen LogP contribution in [0.5, 0.6) is 0 Å². The maximum atomic E-state index is 4.64. The molecule has 1 heterocycles. The van der Waals surface area contributed by atoms with Gasteiger partial charge in [-0.05, 0) is 42.0 Å². The third-order valence-electron chi connectivity index (χ3n) is 2.60. The molecule has 2 heteroatoms. The van der Waals surface area contributed by atoms with Crippen molar-refractivity contribution in [1.29, 1.82) is 0 Å². The summed E-state index contributed by atoms with van der Waals surface area (Å²) < 4.78 is 0. The van der Waals surface area contributed by atoms with Gasteiger partial charge in [-0.15, -0.1) is 0 Å². The minimum absolute atomic E-state index is 1.04. The van der Waals surface area contributed by atoms with Gasteiger partial charge in [0, 0.05) is 9.79 Å². The highest BCUT2D eigenvalue weighted by molar-refractivity contribution is 7.99. The van der Waals surface area contributed by atoms with Crippen LogP contribution in [0.1, 0.15) is 5.56 Å². The van der Waals surface area contributed by atoms with Crippen LogP contribution in [0.15, 0.2) is 51.2 Å². The van der Waals surface area contributed by atoms with Crippen molar-refractivity contribution in [1.82, 2.24) is 0 Å². The number of hydrogen-bond acceptors (Lipinski definition) is 2. The number of aryl methyl sites for hydroxylation is 1. The first-order valence-electron chi connectivity index (χ1n) is 5.19. The molecule has 16 heavy (non-hydrogen) atoms. The van der Waals surface area contributed by atoms with Crippen molar-refractivity contribution in [3.63, 3.8) is 0 Å². The second-order valence-electron chi connectivity index (χ2n) is 3.99. The van der Waals surface area contributed by atoms with Crippen LogP contribution in [-0.4, -0.2) is 0 Å². The lowest BCUT2D eigenvalue weighted by Gasteiger charge is -2.12. The highest BCUT2D eigenvalue weighted by Crippen LogP contribution is 2.36. The number of rotatable bonds is 0. The Morgan fingerprint density at radius 3 is 2.81 bits per heavy atom. The summed E-state index contributed by atoms with van der Waals surface area (Å²) in [6.45, 7) is 6.05. The van der Waals surface area contributed by atoms with Crippen LogP contribution in [0.3, 0.4) is 0 Å². The van der Waals surface area contributed by atoms with E-state index >= 15 is 0 Å². The van der Waals surface area contributed by atoms with E-state index in [-0.39, 0.29) is 0 Å². The lowest BCUT2D eigenvalue weighted by molar-refractivity contribution is 1.15. The van der Waals surface area contributed by atoms with E-state index in [1.54, 1.807) is 11.8 Å². The monoisotopic (exact) mass is 225 g/mol. The lowest BCUT2D eigenvalue weighted by atomic mass is 10.2. The Balaban J connectivity index is 2.29. The van der Waals surface area contributed by atoms with Crippen LogP contribution in [0, 0.1) is 6.92 Å². The predicted octanol–water partition coefficient (Wildman–Crippen LogP) is 2.82. The van der Waals surface area contributed by atoms with Crippen LogP contribution in [0.4, 0.5) is 5.69 Å². The van der Waals surface area contributed by atoms with Crippen LogP contribution in [0.2, 0.25) is 0 Å². The largest absolute Gasteiger partial charge is 0.247 e. The van der Waals surface area contributed by atoms with Crippen LogP contribution in [0.25, 0.3) is 6.58 Å². The smallest absolute Gasteiger partial charge is 0.0777 e. The van der Waals surface area contributed by atoms with Gasteiger partial charge in [-0.2, -0.15) is 0 Å². The SMILES string of the molecule is C=c1ccc2c(c1)Sc1cc(C)ccc1N=2. The molecule has 0 unspecified atom stereocenters. The van der Waals surface area contributed by atoms with Gasteiger partial charge >= 0.3 is 0 Å². The minimum atomic E-state index is 1.04. The molecule has 1 nitrogen and oxygen atoms in total. The summed E-state index contributed by atoms with van der Waals surface area (Å²) in [6.07, 6.45) is 0. The molecule has 0 saturated heterocycles. The van der Waals surface area contributed by atoms with Crippen LogP contribution >= 0.6 is 11.8 Å². The Morgan fingerprint density at radius 1 is 1.06 bits per heavy atom. The molecule has 0 aromatic heterocycles. The second-order valence-corrected chi connectivity index (χ2v) is 5.07. The van der Waals surface area contributed by atoms with Gasteiger partial charge < -0.3 is 0 Å². The maximum absolute atomic E-state index is 4.64. The molecule has 1 aliphatic heterocycles. The Labute approximate surface area is 98.5 Å². The van der Waals surface area contributed by atoms with Gasteiger partial charge in [-0.3, -0.25) is 0 Å². The van der Waals surface area contributed by atoms with Gasteiger partial charge in [0.2, 0.25) is 0 Å². The van der Waals surface area contributed by atoms with Crippen molar-refractivity contribution in [2.24, 2.45) is 4.99 Å². The van der Waals surface area contributed by atoms with Gasteiger partial charge in [0.1, 0.15) is 0 Å². The molecule has 1 aliphatic rings. The van der Waals surface area contributed by atoms with Gasteiger partial charge in [0.25, 0.3) is 0 Å². The lowest BCUT2D eigenvalue weighted by Crippen LogP contribution is -2.12. The standard InChI is InChI=1S/C14H11NS/c1-9-3-5-11-13(7-9)16-14-8-10(2)4-6-12(14)15-11/h3-8H,1H2,2H3. The number of nitrogens with zero attached hydrogens (tertiary/aromatic N) is 1. The second kappa shape index (κ2) is 3.49. The average molecular weight is 225 g/mol. The Kier molecular flexibility index (Phi) is 2.11. The molecule has 0 amide bonds. The van der Waals surface area contributed by atoms with Crippen LogP contribution < -0.4 is 10.6 Å². The highest BCUT2D eigenvalue weighted by Gasteiger charge is 2.10. The summed E-state index contributed by atoms with van der Waals surface area (Å²) in [5.41, 5.74) is 2.34. The van der Waals surface area contributed by atoms with Crippen molar-refractivity contribution in [2.45, 2.75) is 16.7 Å². The molecule has 78 valence electrons. The fourth-order valence-corrected chi connectivity index (χ4v) is 2.90. The zero-order chi connectivity index (χ0) is 11.1. The fraction of sp³-hybridized carbons (Fsp3) is 0.0714. The maximum Gasteiger partial charge on any atom is 0.0777 e. The molecule has 2 aromatic rings. The van der Waals surface area contributed by atoms with E-state index in [1.165, 1.54) is 15.4 Å². The molecule has 2 aromatic carbocycles. The molecule has 0 radical (unpaired) electrons. The first-order valence-corrected chi connectivity index (χ1v) is 6.00. The fourth-order valence-electron chi connectivity index (χ4n) is 1.78. The zero-order valence-electron chi connectivity index (χ0n) is 9.03. The molecule has 0 N–H and O–H groups in total. The summed E-state index contributed by atoms with van der Waals surface area (Å²) in [5.74, 6) is 0. The molecular weight excluding hydrogens is 214 g/mol.